The SMILES string of the molecule is COCCNCc1cccc(C(=O)O)c1C=O. The van der Waals surface area contributed by atoms with Crippen molar-refractivity contribution in [2.45, 2.75) is 6.54 Å². The highest BCUT2D eigenvalue weighted by atomic mass is 16.5. The number of carboxylic acid groups (broad SMARTS) is 1. The fourth-order valence-corrected chi connectivity index (χ4v) is 1.49. The van der Waals surface area contributed by atoms with Gasteiger partial charge in [-0.25, -0.2) is 4.79 Å². The van der Waals surface area contributed by atoms with Gasteiger partial charge < -0.3 is 15.2 Å². The van der Waals surface area contributed by atoms with Gasteiger partial charge in [0.2, 0.25) is 0 Å². The third-order valence-corrected chi connectivity index (χ3v) is 2.34. The summed E-state index contributed by atoms with van der Waals surface area (Å²) < 4.78 is 4.87. The number of carboxylic acids is 1. The fourth-order valence-electron chi connectivity index (χ4n) is 1.49. The van der Waals surface area contributed by atoms with Gasteiger partial charge in [0, 0.05) is 25.8 Å². The average molecular weight is 237 g/mol. The molecule has 0 heterocycles. The molecule has 0 radical (unpaired) electrons. The van der Waals surface area contributed by atoms with Crippen molar-refractivity contribution in [1.82, 2.24) is 5.32 Å². The Kier molecular flexibility index (Phi) is 5.32. The lowest BCUT2D eigenvalue weighted by atomic mass is 10.0. The monoisotopic (exact) mass is 237 g/mol. The number of aromatic carboxylic acids is 1. The summed E-state index contributed by atoms with van der Waals surface area (Å²) in [5.74, 6) is -1.09. The summed E-state index contributed by atoms with van der Waals surface area (Å²) >= 11 is 0. The van der Waals surface area contributed by atoms with Gasteiger partial charge >= 0.3 is 5.97 Å². The first-order valence-electron chi connectivity index (χ1n) is 5.20. The van der Waals surface area contributed by atoms with Crippen LogP contribution in [0.25, 0.3) is 0 Å². The summed E-state index contributed by atoms with van der Waals surface area (Å²) in [5.41, 5.74) is 0.937. The second-order valence-corrected chi connectivity index (χ2v) is 3.47. The van der Waals surface area contributed by atoms with E-state index in [1.165, 1.54) is 6.07 Å². The van der Waals surface area contributed by atoms with Crippen LogP contribution in [-0.4, -0.2) is 37.6 Å². The number of rotatable bonds is 7. The lowest BCUT2D eigenvalue weighted by molar-refractivity contribution is 0.0693. The van der Waals surface area contributed by atoms with Crippen molar-refractivity contribution in [3.8, 4) is 0 Å². The first-order valence-corrected chi connectivity index (χ1v) is 5.20. The van der Waals surface area contributed by atoms with E-state index in [2.05, 4.69) is 5.32 Å². The third-order valence-electron chi connectivity index (χ3n) is 2.34. The first-order chi connectivity index (χ1) is 8.20. The molecule has 0 aliphatic carbocycles. The van der Waals surface area contributed by atoms with Crippen LogP contribution in [0.15, 0.2) is 18.2 Å². The van der Waals surface area contributed by atoms with Crippen LogP contribution in [0.2, 0.25) is 0 Å². The highest BCUT2D eigenvalue weighted by Crippen LogP contribution is 2.12. The molecule has 17 heavy (non-hydrogen) atoms. The molecule has 0 saturated heterocycles. The largest absolute Gasteiger partial charge is 0.478 e. The van der Waals surface area contributed by atoms with Gasteiger partial charge in [-0.15, -0.1) is 0 Å². The molecule has 5 nitrogen and oxygen atoms in total. The maximum absolute atomic E-state index is 10.9. The highest BCUT2D eigenvalue weighted by Gasteiger charge is 2.12. The predicted octanol–water partition coefficient (Wildman–Crippen LogP) is 0.933. The second kappa shape index (κ2) is 6.78. The van der Waals surface area contributed by atoms with E-state index in [1.54, 1.807) is 19.2 Å². The molecule has 0 amide bonds. The molecule has 92 valence electrons. The maximum Gasteiger partial charge on any atom is 0.336 e. The van der Waals surface area contributed by atoms with Crippen molar-refractivity contribution in [1.29, 1.82) is 0 Å². The number of benzene rings is 1. The zero-order valence-corrected chi connectivity index (χ0v) is 9.60. The van der Waals surface area contributed by atoms with Crippen molar-refractivity contribution in [2.24, 2.45) is 0 Å². The maximum atomic E-state index is 10.9. The summed E-state index contributed by atoms with van der Waals surface area (Å²) in [6, 6.07) is 4.78. The minimum atomic E-state index is -1.09. The number of ether oxygens (including phenoxy) is 1. The van der Waals surface area contributed by atoms with E-state index in [1.807, 2.05) is 0 Å². The van der Waals surface area contributed by atoms with E-state index in [-0.39, 0.29) is 11.1 Å². The van der Waals surface area contributed by atoms with E-state index < -0.39 is 5.97 Å². The lowest BCUT2D eigenvalue weighted by Crippen LogP contribution is -2.20. The second-order valence-electron chi connectivity index (χ2n) is 3.47. The Hall–Kier alpha value is -1.72. The number of carbonyl (C=O) groups is 2. The topological polar surface area (TPSA) is 75.6 Å². The molecule has 1 rings (SSSR count). The summed E-state index contributed by atoms with van der Waals surface area (Å²) in [7, 11) is 1.60. The van der Waals surface area contributed by atoms with E-state index in [0.29, 0.717) is 31.5 Å². The lowest BCUT2D eigenvalue weighted by Gasteiger charge is -2.08. The van der Waals surface area contributed by atoms with Crippen molar-refractivity contribution >= 4 is 12.3 Å². The van der Waals surface area contributed by atoms with Gasteiger partial charge in [-0.1, -0.05) is 12.1 Å². The quantitative estimate of drug-likeness (QED) is 0.545. The average Bonchev–Trinajstić information content (AvgIpc) is 2.34. The van der Waals surface area contributed by atoms with Crippen molar-refractivity contribution in [3.63, 3.8) is 0 Å². The smallest absolute Gasteiger partial charge is 0.336 e. The molecule has 1 aromatic rings. The van der Waals surface area contributed by atoms with Crippen LogP contribution in [0.1, 0.15) is 26.3 Å². The molecule has 1 aromatic carbocycles. The Labute approximate surface area is 99.4 Å². The first kappa shape index (κ1) is 13.3. The van der Waals surface area contributed by atoms with Crippen LogP contribution in [0.4, 0.5) is 0 Å². The van der Waals surface area contributed by atoms with E-state index >= 15 is 0 Å². The number of methoxy groups -OCH3 is 1. The Morgan fingerprint density at radius 2 is 2.29 bits per heavy atom. The number of hydrogen-bond donors (Lipinski definition) is 2. The molecular formula is C12H15NO4. The highest BCUT2D eigenvalue weighted by molar-refractivity contribution is 5.98. The molecule has 0 aliphatic rings. The minimum absolute atomic E-state index is 0.0334. The predicted molar refractivity (Wildman–Crippen MR) is 62.4 cm³/mol. The molecule has 0 spiro atoms. The molecular weight excluding hydrogens is 222 g/mol. The van der Waals surface area contributed by atoms with Crippen molar-refractivity contribution in [2.75, 3.05) is 20.3 Å². The Morgan fingerprint density at radius 3 is 2.88 bits per heavy atom. The van der Waals surface area contributed by atoms with E-state index in [9.17, 15) is 9.59 Å². The summed E-state index contributed by atoms with van der Waals surface area (Å²) in [6.45, 7) is 1.65. The van der Waals surface area contributed by atoms with Crippen LogP contribution >= 0.6 is 0 Å². The summed E-state index contributed by atoms with van der Waals surface area (Å²) in [4.78, 5) is 21.8. The fraction of sp³-hybridized carbons (Fsp3) is 0.333. The molecule has 0 aliphatic heterocycles. The van der Waals surface area contributed by atoms with Crippen molar-refractivity contribution in [3.05, 3.63) is 34.9 Å². The van der Waals surface area contributed by atoms with Crippen LogP contribution in [0, 0.1) is 0 Å². The van der Waals surface area contributed by atoms with Gasteiger partial charge in [-0.05, 0) is 11.6 Å². The van der Waals surface area contributed by atoms with Gasteiger partial charge in [0.05, 0.1) is 12.2 Å². The van der Waals surface area contributed by atoms with Gasteiger partial charge in [0.25, 0.3) is 0 Å². The van der Waals surface area contributed by atoms with E-state index in [4.69, 9.17) is 9.84 Å². The molecule has 5 heteroatoms. The molecule has 0 saturated carbocycles. The van der Waals surface area contributed by atoms with Gasteiger partial charge in [0.15, 0.2) is 6.29 Å². The zero-order chi connectivity index (χ0) is 12.7. The van der Waals surface area contributed by atoms with Crippen molar-refractivity contribution < 1.29 is 19.4 Å². The van der Waals surface area contributed by atoms with E-state index in [0.717, 1.165) is 0 Å². The molecule has 2 N–H and O–H groups in total. The zero-order valence-electron chi connectivity index (χ0n) is 9.60. The molecule has 0 aromatic heterocycles. The number of hydrogen-bond acceptors (Lipinski definition) is 4. The standard InChI is InChI=1S/C12H15NO4/c1-17-6-5-13-7-9-3-2-4-10(12(15)16)11(9)8-14/h2-4,8,13H,5-7H2,1H3,(H,15,16). The van der Waals surface area contributed by atoms with Gasteiger partial charge in [-0.3, -0.25) is 4.79 Å². The van der Waals surface area contributed by atoms with Crippen LogP contribution in [-0.2, 0) is 11.3 Å². The molecule has 0 atom stereocenters. The van der Waals surface area contributed by atoms with Crippen LogP contribution < -0.4 is 5.32 Å². The molecule has 0 unspecified atom stereocenters. The van der Waals surface area contributed by atoms with Crippen LogP contribution in [0.3, 0.4) is 0 Å². The molecule has 0 bridgehead atoms. The number of aldehydes is 1. The summed E-state index contributed by atoms with van der Waals surface area (Å²) in [5, 5.41) is 12.0. The van der Waals surface area contributed by atoms with Gasteiger partial charge in [0.1, 0.15) is 0 Å². The number of carbonyl (C=O) groups excluding carboxylic acids is 1. The molecule has 0 fully saturated rings. The van der Waals surface area contributed by atoms with Crippen LogP contribution in [0.5, 0.6) is 0 Å². The number of nitrogens with one attached hydrogen (secondary N) is 1. The normalized spacial score (nSPS) is 10.2. The third kappa shape index (κ3) is 3.65. The summed E-state index contributed by atoms with van der Waals surface area (Å²) in [6.07, 6.45) is 0.580. The Balaban J connectivity index is 2.80. The Bertz CT molecular complexity index is 403. The van der Waals surface area contributed by atoms with Gasteiger partial charge in [-0.2, -0.15) is 0 Å². The Morgan fingerprint density at radius 1 is 1.53 bits per heavy atom. The minimum Gasteiger partial charge on any atom is -0.478 e.